The van der Waals surface area contributed by atoms with Gasteiger partial charge in [0.2, 0.25) is 5.82 Å². The van der Waals surface area contributed by atoms with Crippen LogP contribution in [0.4, 0.5) is 13.2 Å². The van der Waals surface area contributed by atoms with Gasteiger partial charge in [-0.3, -0.25) is 4.79 Å². The summed E-state index contributed by atoms with van der Waals surface area (Å²) in [5, 5.41) is 8.62. The second-order valence-corrected chi connectivity index (χ2v) is 5.77. The smallest absolute Gasteiger partial charge is 0.452 e. The number of rotatable bonds is 4. The molecule has 20 heavy (non-hydrogen) atoms. The van der Waals surface area contributed by atoms with Crippen molar-refractivity contribution in [2.75, 3.05) is 0 Å². The Bertz CT molecular complexity index is 611. The van der Waals surface area contributed by atoms with E-state index in [1.54, 1.807) is 24.3 Å². The minimum absolute atomic E-state index is 0.0953. The number of hydrogen-bond donors (Lipinski definition) is 1. The summed E-state index contributed by atoms with van der Waals surface area (Å²) in [5.41, 5.74) is 0.620. The van der Waals surface area contributed by atoms with E-state index in [9.17, 15) is 18.0 Å². The molecular weight excluding hydrogens is 313 g/mol. The number of carbonyl (C=O) groups is 1. The molecule has 0 aliphatic carbocycles. The van der Waals surface area contributed by atoms with Crippen molar-refractivity contribution in [2.45, 2.75) is 21.8 Å². The van der Waals surface area contributed by atoms with E-state index in [-0.39, 0.29) is 10.8 Å². The third-order valence-electron chi connectivity index (χ3n) is 2.14. The molecule has 1 heterocycles. The number of benzene rings is 1. The molecule has 0 radical (unpaired) electrons. The van der Waals surface area contributed by atoms with Crippen molar-refractivity contribution in [3.8, 4) is 0 Å². The summed E-state index contributed by atoms with van der Waals surface area (Å²) in [7, 11) is 0. The molecule has 106 valence electrons. The van der Waals surface area contributed by atoms with Crippen molar-refractivity contribution in [1.82, 2.24) is 9.36 Å². The van der Waals surface area contributed by atoms with E-state index >= 15 is 0 Å². The Labute approximate surface area is 119 Å². The molecule has 0 aliphatic heterocycles. The SMILES string of the molecule is O=C(O)Cc1ccc(Sc2nc(C(F)(F)F)ns2)cc1. The van der Waals surface area contributed by atoms with E-state index < -0.39 is 18.0 Å². The Kier molecular flexibility index (Phi) is 4.29. The minimum Gasteiger partial charge on any atom is -0.481 e. The van der Waals surface area contributed by atoms with E-state index in [4.69, 9.17) is 5.11 Å². The van der Waals surface area contributed by atoms with E-state index in [1.807, 2.05) is 0 Å². The number of halogens is 3. The quantitative estimate of drug-likeness (QED) is 0.936. The third kappa shape index (κ3) is 3.94. The van der Waals surface area contributed by atoms with Crippen LogP contribution in [0.5, 0.6) is 0 Å². The molecule has 1 aromatic heterocycles. The van der Waals surface area contributed by atoms with Crippen molar-refractivity contribution in [2.24, 2.45) is 0 Å². The lowest BCUT2D eigenvalue weighted by molar-refractivity contribution is -0.144. The van der Waals surface area contributed by atoms with Crippen molar-refractivity contribution in [3.05, 3.63) is 35.7 Å². The van der Waals surface area contributed by atoms with Crippen molar-refractivity contribution in [3.63, 3.8) is 0 Å². The summed E-state index contributed by atoms with van der Waals surface area (Å²) < 4.78 is 40.4. The van der Waals surface area contributed by atoms with Crippen LogP contribution in [0.15, 0.2) is 33.5 Å². The van der Waals surface area contributed by atoms with Gasteiger partial charge in [-0.1, -0.05) is 23.9 Å². The molecular formula is C11H7F3N2O2S2. The largest absolute Gasteiger partial charge is 0.481 e. The number of hydrogen-bond acceptors (Lipinski definition) is 5. The highest BCUT2D eigenvalue weighted by molar-refractivity contribution is 8.01. The zero-order valence-electron chi connectivity index (χ0n) is 9.72. The molecule has 0 bridgehead atoms. The van der Waals surface area contributed by atoms with Crippen molar-refractivity contribution >= 4 is 29.3 Å². The van der Waals surface area contributed by atoms with E-state index in [1.165, 1.54) is 0 Å². The predicted molar refractivity (Wildman–Crippen MR) is 66.8 cm³/mol. The maximum atomic E-state index is 12.3. The summed E-state index contributed by atoms with van der Waals surface area (Å²) in [6, 6.07) is 6.50. The fraction of sp³-hybridized carbons (Fsp3) is 0.182. The second-order valence-electron chi connectivity index (χ2n) is 3.70. The molecule has 0 fully saturated rings. The van der Waals surface area contributed by atoms with Gasteiger partial charge in [0.25, 0.3) is 0 Å². The van der Waals surface area contributed by atoms with Crippen LogP contribution in [0.25, 0.3) is 0 Å². The predicted octanol–water partition coefficient (Wildman–Crippen LogP) is 3.34. The zero-order chi connectivity index (χ0) is 14.8. The lowest BCUT2D eigenvalue weighted by Gasteiger charge is -2.00. The fourth-order valence-electron chi connectivity index (χ4n) is 1.32. The monoisotopic (exact) mass is 320 g/mol. The molecule has 0 atom stereocenters. The highest BCUT2D eigenvalue weighted by atomic mass is 32.2. The van der Waals surface area contributed by atoms with Crippen LogP contribution in [-0.4, -0.2) is 20.4 Å². The van der Waals surface area contributed by atoms with Gasteiger partial charge in [-0.15, -0.1) is 0 Å². The van der Waals surface area contributed by atoms with Gasteiger partial charge in [0.15, 0.2) is 4.34 Å². The summed E-state index contributed by atoms with van der Waals surface area (Å²) in [4.78, 5) is 14.6. The Morgan fingerprint density at radius 2 is 1.95 bits per heavy atom. The minimum atomic E-state index is -4.54. The highest BCUT2D eigenvalue weighted by Gasteiger charge is 2.36. The van der Waals surface area contributed by atoms with Crippen LogP contribution >= 0.6 is 23.3 Å². The summed E-state index contributed by atoms with van der Waals surface area (Å²) in [5.74, 6) is -2.09. The average Bonchev–Trinajstić information content (AvgIpc) is 2.79. The molecule has 4 nitrogen and oxygen atoms in total. The lowest BCUT2D eigenvalue weighted by Crippen LogP contribution is -2.06. The first-order valence-electron chi connectivity index (χ1n) is 5.24. The van der Waals surface area contributed by atoms with Crippen molar-refractivity contribution in [1.29, 1.82) is 0 Å². The van der Waals surface area contributed by atoms with Crippen LogP contribution in [0, 0.1) is 0 Å². The number of carboxylic acids is 1. The summed E-state index contributed by atoms with van der Waals surface area (Å²) in [6.45, 7) is 0. The van der Waals surface area contributed by atoms with Gasteiger partial charge < -0.3 is 5.11 Å². The summed E-state index contributed by atoms with van der Waals surface area (Å²) in [6.07, 6.45) is -4.64. The first-order valence-corrected chi connectivity index (χ1v) is 6.83. The van der Waals surface area contributed by atoms with Crippen LogP contribution in [0.1, 0.15) is 11.4 Å². The van der Waals surface area contributed by atoms with Gasteiger partial charge in [-0.05, 0) is 29.2 Å². The normalized spacial score (nSPS) is 11.6. The molecule has 0 saturated heterocycles. The molecule has 1 aromatic carbocycles. The number of nitrogens with zero attached hydrogens (tertiary/aromatic N) is 2. The Morgan fingerprint density at radius 3 is 2.45 bits per heavy atom. The van der Waals surface area contributed by atoms with Gasteiger partial charge in [-0.2, -0.15) is 17.5 Å². The van der Waals surface area contributed by atoms with Crippen LogP contribution < -0.4 is 0 Å². The van der Waals surface area contributed by atoms with E-state index in [2.05, 4.69) is 9.36 Å². The molecule has 0 saturated carbocycles. The van der Waals surface area contributed by atoms with Crippen LogP contribution in [-0.2, 0) is 17.4 Å². The van der Waals surface area contributed by atoms with Crippen molar-refractivity contribution < 1.29 is 23.1 Å². The topological polar surface area (TPSA) is 63.1 Å². The number of aromatic nitrogens is 2. The lowest BCUT2D eigenvalue weighted by atomic mass is 10.2. The molecule has 0 aliphatic rings. The molecule has 0 spiro atoms. The van der Waals surface area contributed by atoms with Crippen LogP contribution in [0.2, 0.25) is 0 Å². The van der Waals surface area contributed by atoms with Gasteiger partial charge in [0.1, 0.15) is 0 Å². The van der Waals surface area contributed by atoms with Gasteiger partial charge in [0.05, 0.1) is 6.42 Å². The first kappa shape index (κ1) is 14.8. The Hall–Kier alpha value is -1.61. The van der Waals surface area contributed by atoms with E-state index in [0.717, 1.165) is 11.8 Å². The number of carboxylic acid groups (broad SMARTS) is 1. The Balaban J connectivity index is 2.06. The van der Waals surface area contributed by atoms with E-state index in [0.29, 0.717) is 22.0 Å². The van der Waals surface area contributed by atoms with Gasteiger partial charge >= 0.3 is 12.1 Å². The molecule has 1 N–H and O–H groups in total. The van der Waals surface area contributed by atoms with Crippen LogP contribution in [0.3, 0.4) is 0 Å². The third-order valence-corrected chi connectivity index (χ3v) is 3.90. The molecule has 0 unspecified atom stereocenters. The van der Waals surface area contributed by atoms with Gasteiger partial charge in [0, 0.05) is 4.90 Å². The number of alkyl halides is 3. The first-order chi connectivity index (χ1) is 9.34. The second kappa shape index (κ2) is 5.80. The highest BCUT2D eigenvalue weighted by Crippen LogP contribution is 2.33. The average molecular weight is 320 g/mol. The standard InChI is InChI=1S/C11H7F3N2O2S2/c12-11(13,14)9-15-10(20-16-9)19-7-3-1-6(2-4-7)5-8(17)18/h1-4H,5H2,(H,17,18). The maximum absolute atomic E-state index is 12.3. The molecule has 9 heteroatoms. The molecule has 0 amide bonds. The number of aliphatic carboxylic acids is 1. The molecule has 2 rings (SSSR count). The van der Waals surface area contributed by atoms with Gasteiger partial charge in [-0.25, -0.2) is 4.98 Å². The zero-order valence-corrected chi connectivity index (χ0v) is 11.3. The Morgan fingerprint density at radius 1 is 1.30 bits per heavy atom. The fourth-order valence-corrected chi connectivity index (χ4v) is 2.91. The molecule has 2 aromatic rings. The summed E-state index contributed by atoms with van der Waals surface area (Å²) >= 11 is 1.72. The maximum Gasteiger partial charge on any atom is 0.452 e.